The molecule has 0 radical (unpaired) electrons. The zero-order chi connectivity index (χ0) is 8.72. The van der Waals surface area contributed by atoms with E-state index in [0.717, 1.165) is 0 Å². The Morgan fingerprint density at radius 2 is 2.50 bits per heavy atom. The fraction of sp³-hybridized carbons (Fsp3) is 0.714. The maximum Gasteiger partial charge on any atom is 0.329 e. The lowest BCUT2D eigenvalue weighted by Gasteiger charge is -2.36. The number of ether oxygens (including phenoxy) is 1. The van der Waals surface area contributed by atoms with Crippen molar-refractivity contribution in [3.05, 3.63) is 0 Å². The SMILES string of the molecule is COC(=O)[C@H]1CS[C@@H]2CC(=O)N12. The summed E-state index contributed by atoms with van der Waals surface area (Å²) >= 11 is 1.65. The van der Waals surface area contributed by atoms with Gasteiger partial charge in [-0.05, 0) is 0 Å². The minimum atomic E-state index is -0.328. The van der Waals surface area contributed by atoms with Gasteiger partial charge in [-0.15, -0.1) is 11.8 Å². The third-order valence-electron chi connectivity index (χ3n) is 2.20. The van der Waals surface area contributed by atoms with Crippen LogP contribution in [0.4, 0.5) is 0 Å². The van der Waals surface area contributed by atoms with Crippen molar-refractivity contribution >= 4 is 23.6 Å². The summed E-state index contributed by atoms with van der Waals surface area (Å²) < 4.78 is 4.59. The van der Waals surface area contributed by atoms with Crippen molar-refractivity contribution in [2.24, 2.45) is 0 Å². The highest BCUT2D eigenvalue weighted by molar-refractivity contribution is 8.00. The summed E-state index contributed by atoms with van der Waals surface area (Å²) in [7, 11) is 1.35. The lowest BCUT2D eigenvalue weighted by atomic mass is 10.1. The molecule has 2 saturated heterocycles. The average molecular weight is 187 g/mol. The zero-order valence-electron chi connectivity index (χ0n) is 6.65. The van der Waals surface area contributed by atoms with E-state index >= 15 is 0 Å². The first-order valence-corrected chi connectivity index (χ1v) is 4.79. The first-order chi connectivity index (χ1) is 5.74. The van der Waals surface area contributed by atoms with Crippen LogP contribution in [-0.4, -0.2) is 41.1 Å². The molecule has 0 aromatic heterocycles. The van der Waals surface area contributed by atoms with Gasteiger partial charge in [0.15, 0.2) is 0 Å². The summed E-state index contributed by atoms with van der Waals surface area (Å²) in [5, 5.41) is 0.238. The third kappa shape index (κ3) is 0.924. The second kappa shape index (κ2) is 2.65. The Bertz CT molecular complexity index is 243. The second-order valence-corrected chi connectivity index (χ2v) is 4.04. The highest BCUT2D eigenvalue weighted by atomic mass is 32.2. The van der Waals surface area contributed by atoms with E-state index in [2.05, 4.69) is 4.74 Å². The van der Waals surface area contributed by atoms with Crippen molar-refractivity contribution in [3.8, 4) is 0 Å². The predicted molar refractivity (Wildman–Crippen MR) is 43.5 cm³/mol. The summed E-state index contributed by atoms with van der Waals surface area (Å²) in [5.41, 5.74) is 0. The van der Waals surface area contributed by atoms with E-state index in [4.69, 9.17) is 0 Å². The predicted octanol–water partition coefficient (Wildman–Crippen LogP) is -0.167. The Labute approximate surface area is 74.2 Å². The fourth-order valence-electron chi connectivity index (χ4n) is 1.52. The van der Waals surface area contributed by atoms with Crippen LogP contribution in [0.2, 0.25) is 0 Å². The van der Waals surface area contributed by atoms with Gasteiger partial charge in [-0.25, -0.2) is 4.79 Å². The molecule has 0 aromatic carbocycles. The number of hydrogen-bond acceptors (Lipinski definition) is 4. The van der Waals surface area contributed by atoms with Crippen LogP contribution in [-0.2, 0) is 14.3 Å². The monoisotopic (exact) mass is 187 g/mol. The lowest BCUT2D eigenvalue weighted by molar-refractivity contribution is -0.157. The minimum Gasteiger partial charge on any atom is -0.467 e. The molecule has 0 N–H and O–H groups in total. The van der Waals surface area contributed by atoms with Gasteiger partial charge in [0.05, 0.1) is 18.9 Å². The van der Waals surface area contributed by atoms with Gasteiger partial charge >= 0.3 is 5.97 Å². The van der Waals surface area contributed by atoms with E-state index in [1.807, 2.05) is 0 Å². The molecule has 12 heavy (non-hydrogen) atoms. The Morgan fingerprint density at radius 3 is 3.08 bits per heavy atom. The van der Waals surface area contributed by atoms with E-state index in [9.17, 15) is 9.59 Å². The average Bonchev–Trinajstić information content (AvgIpc) is 2.40. The summed E-state index contributed by atoms with van der Waals surface area (Å²) in [5.74, 6) is 0.460. The number of carbonyl (C=O) groups excluding carboxylic acids is 2. The fourth-order valence-corrected chi connectivity index (χ4v) is 2.90. The molecule has 2 atom stereocenters. The largest absolute Gasteiger partial charge is 0.467 e. The van der Waals surface area contributed by atoms with Crippen LogP contribution in [0, 0.1) is 0 Å². The van der Waals surface area contributed by atoms with Gasteiger partial charge in [0.25, 0.3) is 0 Å². The summed E-state index contributed by atoms with van der Waals surface area (Å²) in [6.45, 7) is 0. The number of hydrogen-bond donors (Lipinski definition) is 0. The van der Waals surface area contributed by atoms with E-state index < -0.39 is 0 Å². The molecule has 2 fully saturated rings. The summed E-state index contributed by atoms with van der Waals surface area (Å²) in [4.78, 5) is 23.8. The lowest BCUT2D eigenvalue weighted by Crippen LogP contribution is -2.54. The second-order valence-electron chi connectivity index (χ2n) is 2.83. The van der Waals surface area contributed by atoms with Crippen molar-refractivity contribution in [1.29, 1.82) is 0 Å². The number of carbonyl (C=O) groups is 2. The Balaban J connectivity index is 2.08. The minimum absolute atomic E-state index is 0.0698. The van der Waals surface area contributed by atoms with Crippen LogP contribution in [0.15, 0.2) is 0 Å². The third-order valence-corrected chi connectivity index (χ3v) is 3.49. The topological polar surface area (TPSA) is 46.6 Å². The maximum atomic E-state index is 11.1. The number of thioether (sulfide) groups is 1. The Hall–Kier alpha value is -0.710. The van der Waals surface area contributed by atoms with Crippen LogP contribution in [0.3, 0.4) is 0 Å². The van der Waals surface area contributed by atoms with Crippen molar-refractivity contribution in [2.75, 3.05) is 12.9 Å². The van der Waals surface area contributed by atoms with Gasteiger partial charge in [-0.2, -0.15) is 0 Å². The van der Waals surface area contributed by atoms with Crippen molar-refractivity contribution in [1.82, 2.24) is 4.90 Å². The highest BCUT2D eigenvalue weighted by Gasteiger charge is 2.49. The molecule has 0 saturated carbocycles. The normalized spacial score (nSPS) is 32.8. The zero-order valence-corrected chi connectivity index (χ0v) is 7.47. The van der Waals surface area contributed by atoms with Crippen molar-refractivity contribution < 1.29 is 14.3 Å². The molecule has 2 aliphatic rings. The molecule has 2 rings (SSSR count). The molecule has 66 valence electrons. The molecule has 0 unspecified atom stereocenters. The van der Waals surface area contributed by atoms with Crippen LogP contribution in [0.1, 0.15) is 6.42 Å². The van der Waals surface area contributed by atoms with Gasteiger partial charge in [0, 0.05) is 5.75 Å². The number of β-lactam (4-membered cyclic amide) rings is 1. The number of esters is 1. The molecule has 2 aliphatic heterocycles. The van der Waals surface area contributed by atoms with Crippen LogP contribution >= 0.6 is 11.8 Å². The number of methoxy groups -OCH3 is 1. The van der Waals surface area contributed by atoms with Gasteiger partial charge in [0.1, 0.15) is 6.04 Å². The molecule has 4 nitrogen and oxygen atoms in total. The van der Waals surface area contributed by atoms with Gasteiger partial charge in [0.2, 0.25) is 5.91 Å². The molecule has 0 spiro atoms. The van der Waals surface area contributed by atoms with Gasteiger partial charge in [-0.1, -0.05) is 0 Å². The van der Waals surface area contributed by atoms with E-state index in [-0.39, 0.29) is 23.3 Å². The summed E-state index contributed by atoms with van der Waals surface area (Å²) in [6, 6.07) is -0.328. The Morgan fingerprint density at radius 1 is 1.75 bits per heavy atom. The van der Waals surface area contributed by atoms with Crippen LogP contribution in [0.5, 0.6) is 0 Å². The molecule has 5 heteroatoms. The van der Waals surface area contributed by atoms with E-state index in [0.29, 0.717) is 12.2 Å². The highest BCUT2D eigenvalue weighted by Crippen LogP contribution is 2.39. The molecule has 2 heterocycles. The van der Waals surface area contributed by atoms with Crippen molar-refractivity contribution in [2.45, 2.75) is 17.8 Å². The van der Waals surface area contributed by atoms with Crippen LogP contribution in [0.25, 0.3) is 0 Å². The number of nitrogens with zero attached hydrogens (tertiary/aromatic N) is 1. The number of rotatable bonds is 1. The molecular formula is C7H9NO3S. The Kier molecular flexibility index (Phi) is 1.75. The molecule has 1 amide bonds. The van der Waals surface area contributed by atoms with Gasteiger partial charge in [-0.3, -0.25) is 4.79 Å². The van der Waals surface area contributed by atoms with E-state index in [1.165, 1.54) is 7.11 Å². The molecular weight excluding hydrogens is 178 g/mol. The quantitative estimate of drug-likeness (QED) is 0.422. The number of amides is 1. The smallest absolute Gasteiger partial charge is 0.329 e. The van der Waals surface area contributed by atoms with E-state index in [1.54, 1.807) is 16.7 Å². The molecule has 0 aromatic rings. The first-order valence-electron chi connectivity index (χ1n) is 3.74. The standard InChI is InChI=1S/C7H9NO3S/c1-11-7(10)4-3-12-6-2-5(9)8(4)6/h4,6H,2-3H2,1H3/t4-,6-/m1/s1. The number of fused-ring (bicyclic) bond motifs is 1. The van der Waals surface area contributed by atoms with Crippen LogP contribution < -0.4 is 0 Å². The first kappa shape index (κ1) is 7.91. The molecule has 0 bridgehead atoms. The molecule has 0 aliphatic carbocycles. The van der Waals surface area contributed by atoms with Crippen molar-refractivity contribution in [3.63, 3.8) is 0 Å². The summed E-state index contributed by atoms with van der Waals surface area (Å²) in [6.07, 6.45) is 0.582. The van der Waals surface area contributed by atoms with Gasteiger partial charge < -0.3 is 9.64 Å². The maximum absolute atomic E-state index is 11.1.